The molecule has 0 atom stereocenters. The fourth-order valence-corrected chi connectivity index (χ4v) is 3.87. The summed E-state index contributed by atoms with van der Waals surface area (Å²) in [6.45, 7) is 8.07. The van der Waals surface area contributed by atoms with Gasteiger partial charge in [0.25, 0.3) is 0 Å². The molecule has 1 aliphatic heterocycles. The molecule has 98 valence electrons. The lowest BCUT2D eigenvalue weighted by molar-refractivity contribution is -0.134. The maximum absolute atomic E-state index is 11.9. The predicted molar refractivity (Wildman–Crippen MR) is 68.4 cm³/mol. The Morgan fingerprint density at radius 1 is 1.47 bits per heavy atom. The minimum Gasteiger partial charge on any atom is -0.340 e. The maximum Gasteiger partial charge on any atom is 0.222 e. The van der Waals surface area contributed by atoms with Gasteiger partial charge in [0, 0.05) is 19.5 Å². The zero-order chi connectivity index (χ0) is 13.1. The van der Waals surface area contributed by atoms with Crippen molar-refractivity contribution in [3.63, 3.8) is 0 Å². The highest BCUT2D eigenvalue weighted by Gasteiger charge is 2.39. The highest BCUT2D eigenvalue weighted by atomic mass is 32.2. The first-order chi connectivity index (χ1) is 7.86. The van der Waals surface area contributed by atoms with E-state index in [0.717, 1.165) is 0 Å². The Balaban J connectivity index is 2.41. The van der Waals surface area contributed by atoms with Crippen molar-refractivity contribution in [2.75, 3.05) is 18.8 Å². The third kappa shape index (κ3) is 3.84. The van der Waals surface area contributed by atoms with Crippen molar-refractivity contribution in [1.82, 2.24) is 4.90 Å². The van der Waals surface area contributed by atoms with Crippen LogP contribution in [0.4, 0.5) is 0 Å². The standard InChI is InChI=1S/C12H21NO3S/c1-4-5-6-12(14)13-7-11(8-13)17(15,16)9-10(2)3/h4,10-11H,1,5-9H2,2-3H3. The van der Waals surface area contributed by atoms with Crippen LogP contribution in [0, 0.1) is 5.92 Å². The van der Waals surface area contributed by atoms with E-state index in [2.05, 4.69) is 6.58 Å². The summed E-state index contributed by atoms with van der Waals surface area (Å²) in [5.74, 6) is 0.387. The zero-order valence-electron chi connectivity index (χ0n) is 10.6. The van der Waals surface area contributed by atoms with Crippen molar-refractivity contribution < 1.29 is 13.2 Å². The SMILES string of the molecule is C=CCCC(=O)N1CC(S(=O)(=O)CC(C)C)C1. The lowest BCUT2D eigenvalue weighted by Gasteiger charge is -2.39. The summed E-state index contributed by atoms with van der Waals surface area (Å²) in [5, 5.41) is -0.349. The van der Waals surface area contributed by atoms with Gasteiger partial charge in [-0.1, -0.05) is 19.9 Å². The molecule has 0 aromatic carbocycles. The fourth-order valence-electron chi connectivity index (χ4n) is 1.85. The van der Waals surface area contributed by atoms with Gasteiger partial charge >= 0.3 is 0 Å². The highest BCUT2D eigenvalue weighted by molar-refractivity contribution is 7.92. The molecular formula is C12H21NO3S. The Bertz CT molecular complexity index is 381. The van der Waals surface area contributed by atoms with Crippen molar-refractivity contribution in [3.8, 4) is 0 Å². The average Bonchev–Trinajstić information content (AvgIpc) is 2.09. The molecule has 0 N–H and O–H groups in total. The smallest absolute Gasteiger partial charge is 0.222 e. The zero-order valence-corrected chi connectivity index (χ0v) is 11.4. The molecule has 0 aromatic rings. The van der Waals surface area contributed by atoms with E-state index in [1.54, 1.807) is 11.0 Å². The van der Waals surface area contributed by atoms with E-state index in [1.165, 1.54) is 0 Å². The molecule has 17 heavy (non-hydrogen) atoms. The van der Waals surface area contributed by atoms with Gasteiger partial charge in [0.05, 0.1) is 11.0 Å². The van der Waals surface area contributed by atoms with Gasteiger partial charge in [0.1, 0.15) is 0 Å². The van der Waals surface area contributed by atoms with E-state index in [-0.39, 0.29) is 22.8 Å². The summed E-state index contributed by atoms with van der Waals surface area (Å²) in [5.41, 5.74) is 0. The van der Waals surface area contributed by atoms with E-state index in [4.69, 9.17) is 0 Å². The molecule has 1 heterocycles. The van der Waals surface area contributed by atoms with Gasteiger partial charge in [-0.2, -0.15) is 0 Å². The number of rotatable bonds is 6. The summed E-state index contributed by atoms with van der Waals surface area (Å²) in [7, 11) is -3.02. The number of sulfone groups is 1. The van der Waals surface area contributed by atoms with Crippen LogP contribution in [0.5, 0.6) is 0 Å². The van der Waals surface area contributed by atoms with Crippen molar-refractivity contribution in [2.24, 2.45) is 5.92 Å². The van der Waals surface area contributed by atoms with Crippen LogP contribution in [-0.2, 0) is 14.6 Å². The van der Waals surface area contributed by atoms with Crippen molar-refractivity contribution in [1.29, 1.82) is 0 Å². The lowest BCUT2D eigenvalue weighted by Crippen LogP contribution is -2.57. The van der Waals surface area contributed by atoms with E-state index in [1.807, 2.05) is 13.8 Å². The summed E-state index contributed by atoms with van der Waals surface area (Å²) >= 11 is 0. The lowest BCUT2D eigenvalue weighted by atomic mass is 10.2. The second-order valence-electron chi connectivity index (χ2n) is 4.97. The van der Waals surface area contributed by atoms with Gasteiger partial charge in [-0.3, -0.25) is 4.79 Å². The van der Waals surface area contributed by atoms with Gasteiger partial charge in [-0.05, 0) is 12.3 Å². The number of hydrogen-bond acceptors (Lipinski definition) is 3. The molecule has 1 aliphatic rings. The molecule has 0 bridgehead atoms. The van der Waals surface area contributed by atoms with E-state index in [9.17, 15) is 13.2 Å². The van der Waals surface area contributed by atoms with Crippen LogP contribution in [0.1, 0.15) is 26.7 Å². The van der Waals surface area contributed by atoms with Gasteiger partial charge in [0.2, 0.25) is 5.91 Å². The Kier molecular flexibility index (Phi) is 4.74. The van der Waals surface area contributed by atoms with E-state index >= 15 is 0 Å². The molecule has 1 fully saturated rings. The van der Waals surface area contributed by atoms with Crippen LogP contribution in [-0.4, -0.2) is 43.3 Å². The van der Waals surface area contributed by atoms with Gasteiger partial charge in [-0.25, -0.2) is 8.42 Å². The average molecular weight is 259 g/mol. The molecule has 0 saturated carbocycles. The van der Waals surface area contributed by atoms with Gasteiger partial charge < -0.3 is 4.90 Å². The van der Waals surface area contributed by atoms with Crippen LogP contribution in [0.25, 0.3) is 0 Å². The molecule has 0 aliphatic carbocycles. The number of amides is 1. The fraction of sp³-hybridized carbons (Fsp3) is 0.750. The molecule has 0 radical (unpaired) electrons. The largest absolute Gasteiger partial charge is 0.340 e. The Morgan fingerprint density at radius 3 is 2.53 bits per heavy atom. The van der Waals surface area contributed by atoms with Crippen molar-refractivity contribution >= 4 is 15.7 Å². The first-order valence-corrected chi connectivity index (χ1v) is 7.68. The minimum atomic E-state index is -3.02. The number of carbonyl (C=O) groups is 1. The molecular weight excluding hydrogens is 238 g/mol. The normalized spacial score (nSPS) is 17.0. The van der Waals surface area contributed by atoms with Gasteiger partial charge in [-0.15, -0.1) is 6.58 Å². The Hall–Kier alpha value is -0.840. The Labute approximate surface area is 104 Å². The second kappa shape index (κ2) is 5.67. The number of carbonyl (C=O) groups excluding carboxylic acids is 1. The topological polar surface area (TPSA) is 54.5 Å². The second-order valence-corrected chi connectivity index (χ2v) is 7.30. The minimum absolute atomic E-state index is 0.0286. The van der Waals surface area contributed by atoms with Crippen LogP contribution >= 0.6 is 0 Å². The first-order valence-electron chi connectivity index (χ1n) is 5.97. The highest BCUT2D eigenvalue weighted by Crippen LogP contribution is 2.20. The maximum atomic E-state index is 11.9. The molecule has 0 aromatic heterocycles. The predicted octanol–water partition coefficient (Wildman–Crippen LogP) is 1.23. The van der Waals surface area contributed by atoms with E-state index < -0.39 is 9.84 Å². The summed E-state index contributed by atoms with van der Waals surface area (Å²) in [6.07, 6.45) is 2.78. The number of allylic oxidation sites excluding steroid dienone is 1. The molecule has 1 saturated heterocycles. The van der Waals surface area contributed by atoms with Crippen molar-refractivity contribution in [3.05, 3.63) is 12.7 Å². The number of hydrogen-bond donors (Lipinski definition) is 0. The summed E-state index contributed by atoms with van der Waals surface area (Å²) < 4.78 is 23.7. The Morgan fingerprint density at radius 2 is 2.06 bits per heavy atom. The monoisotopic (exact) mass is 259 g/mol. The van der Waals surface area contributed by atoms with Crippen LogP contribution < -0.4 is 0 Å². The third-order valence-electron chi connectivity index (χ3n) is 2.84. The summed E-state index contributed by atoms with van der Waals surface area (Å²) in [4.78, 5) is 13.2. The summed E-state index contributed by atoms with van der Waals surface area (Å²) in [6, 6.07) is 0. The number of likely N-dealkylation sites (tertiary alicyclic amines) is 1. The quantitative estimate of drug-likeness (QED) is 0.674. The molecule has 5 heteroatoms. The molecule has 0 unspecified atom stereocenters. The first kappa shape index (κ1) is 14.2. The molecule has 0 spiro atoms. The van der Waals surface area contributed by atoms with Crippen LogP contribution in [0.2, 0.25) is 0 Å². The number of nitrogens with zero attached hydrogens (tertiary/aromatic N) is 1. The van der Waals surface area contributed by atoms with Crippen molar-refractivity contribution in [2.45, 2.75) is 31.9 Å². The molecule has 1 amide bonds. The van der Waals surface area contributed by atoms with Gasteiger partial charge in [0.15, 0.2) is 9.84 Å². The molecule has 4 nitrogen and oxygen atoms in total. The van der Waals surface area contributed by atoms with E-state index in [0.29, 0.717) is 25.9 Å². The van der Waals surface area contributed by atoms with Crippen LogP contribution in [0.15, 0.2) is 12.7 Å². The van der Waals surface area contributed by atoms with Crippen LogP contribution in [0.3, 0.4) is 0 Å². The third-order valence-corrected chi connectivity index (χ3v) is 5.28. The molecule has 1 rings (SSSR count).